The largest absolute Gasteiger partial charge is 0.394 e. The van der Waals surface area contributed by atoms with Gasteiger partial charge in [-0.15, -0.1) is 0 Å². The molecule has 0 aliphatic carbocycles. The van der Waals surface area contributed by atoms with Crippen LogP contribution in [0.5, 0.6) is 0 Å². The first-order chi connectivity index (χ1) is 39.3. The van der Waals surface area contributed by atoms with Gasteiger partial charge in [0.15, 0.2) is 6.29 Å². The van der Waals surface area contributed by atoms with E-state index < -0.39 is 49.5 Å². The molecule has 0 aromatic rings. The first kappa shape index (κ1) is 76.2. The van der Waals surface area contributed by atoms with Crippen molar-refractivity contribution in [1.82, 2.24) is 5.32 Å². The summed E-state index contributed by atoms with van der Waals surface area (Å²) in [5.41, 5.74) is 0. The average Bonchev–Trinajstić information content (AvgIpc) is 3.46. The first-order valence-electron chi connectivity index (χ1n) is 34.9. The number of hydrogen-bond acceptors (Lipinski definition) is 8. The molecule has 1 saturated heterocycles. The molecule has 1 aliphatic rings. The number of hydrogen-bond donors (Lipinski definition) is 6. The Balaban J connectivity index is 2.08. The summed E-state index contributed by atoms with van der Waals surface area (Å²) >= 11 is 0. The fourth-order valence-corrected chi connectivity index (χ4v) is 11.1. The fourth-order valence-electron chi connectivity index (χ4n) is 11.1. The van der Waals surface area contributed by atoms with Crippen LogP contribution in [0.2, 0.25) is 0 Å². The maximum absolute atomic E-state index is 13.1. The van der Waals surface area contributed by atoms with Gasteiger partial charge in [0, 0.05) is 6.42 Å². The SMILES string of the molecule is CCCCCCCCCCCCCC/C=C/CC/C=C/C(O)C(COC1OC(CO)C(O)C(O)C1O)NC(=O)CCCCCCCCCCCCCCCCCCC/C=C\C/C=C\CCCCCCCCCCCCCCCCC. The van der Waals surface area contributed by atoms with Crippen LogP contribution in [0.1, 0.15) is 341 Å². The second kappa shape index (κ2) is 60.3. The lowest BCUT2D eigenvalue weighted by Gasteiger charge is -2.40. The highest BCUT2D eigenvalue weighted by molar-refractivity contribution is 5.76. The van der Waals surface area contributed by atoms with E-state index >= 15 is 0 Å². The number of unbranched alkanes of at least 4 members (excludes halogenated alkanes) is 45. The highest BCUT2D eigenvalue weighted by Crippen LogP contribution is 2.23. The van der Waals surface area contributed by atoms with Crippen LogP contribution in [0.4, 0.5) is 0 Å². The van der Waals surface area contributed by atoms with Crippen LogP contribution in [0, 0.1) is 0 Å². The van der Waals surface area contributed by atoms with Crippen molar-refractivity contribution in [3.63, 3.8) is 0 Å². The molecule has 0 aromatic heterocycles. The Labute approximate surface area is 494 Å². The van der Waals surface area contributed by atoms with E-state index in [1.807, 2.05) is 6.08 Å². The van der Waals surface area contributed by atoms with E-state index in [1.165, 1.54) is 276 Å². The van der Waals surface area contributed by atoms with Crippen molar-refractivity contribution in [2.24, 2.45) is 0 Å². The number of ether oxygens (including phenoxy) is 2. The quantitative estimate of drug-likeness (QED) is 0.0261. The van der Waals surface area contributed by atoms with E-state index in [2.05, 4.69) is 55.6 Å². The minimum atomic E-state index is -1.57. The molecule has 6 N–H and O–H groups in total. The lowest BCUT2D eigenvalue weighted by molar-refractivity contribution is -0.302. The number of aliphatic hydroxyl groups excluding tert-OH is 5. The average molecular weight is 1130 g/mol. The zero-order valence-electron chi connectivity index (χ0n) is 52.6. The molecule has 7 unspecified atom stereocenters. The minimum Gasteiger partial charge on any atom is -0.394 e. The molecular weight excluding hydrogens is 995 g/mol. The van der Waals surface area contributed by atoms with Gasteiger partial charge in [-0.3, -0.25) is 4.79 Å². The Morgan fingerprint density at radius 2 is 0.750 bits per heavy atom. The van der Waals surface area contributed by atoms with Gasteiger partial charge in [0.1, 0.15) is 24.4 Å². The second-order valence-electron chi connectivity index (χ2n) is 24.3. The van der Waals surface area contributed by atoms with Gasteiger partial charge in [-0.1, -0.05) is 319 Å². The van der Waals surface area contributed by atoms with E-state index in [0.29, 0.717) is 6.42 Å². The number of allylic oxidation sites excluding steroid dienone is 7. The van der Waals surface area contributed by atoms with Crippen molar-refractivity contribution in [2.45, 2.75) is 384 Å². The molecule has 80 heavy (non-hydrogen) atoms. The normalized spacial score (nSPS) is 18.7. The van der Waals surface area contributed by atoms with E-state index in [4.69, 9.17) is 9.47 Å². The Bertz CT molecular complexity index is 1400. The number of nitrogens with one attached hydrogen (secondary N) is 1. The predicted octanol–water partition coefficient (Wildman–Crippen LogP) is 18.8. The predicted molar refractivity (Wildman–Crippen MR) is 341 cm³/mol. The van der Waals surface area contributed by atoms with E-state index in [1.54, 1.807) is 6.08 Å². The van der Waals surface area contributed by atoms with Crippen molar-refractivity contribution in [3.8, 4) is 0 Å². The van der Waals surface area contributed by atoms with Gasteiger partial charge in [-0.05, 0) is 64.2 Å². The lowest BCUT2D eigenvalue weighted by atomic mass is 9.99. The van der Waals surface area contributed by atoms with E-state index in [0.717, 1.165) is 44.9 Å². The van der Waals surface area contributed by atoms with E-state index in [-0.39, 0.29) is 12.5 Å². The molecule has 9 heteroatoms. The Morgan fingerprint density at radius 3 is 1.12 bits per heavy atom. The van der Waals surface area contributed by atoms with Crippen molar-refractivity contribution < 1.29 is 39.8 Å². The zero-order chi connectivity index (χ0) is 57.9. The molecule has 0 bridgehead atoms. The second-order valence-corrected chi connectivity index (χ2v) is 24.3. The van der Waals surface area contributed by atoms with Gasteiger partial charge >= 0.3 is 0 Å². The molecule has 1 amide bonds. The lowest BCUT2D eigenvalue weighted by Crippen LogP contribution is -2.60. The van der Waals surface area contributed by atoms with Crippen LogP contribution in [0.25, 0.3) is 0 Å². The molecule has 9 nitrogen and oxygen atoms in total. The van der Waals surface area contributed by atoms with Gasteiger partial charge in [0.05, 0.1) is 25.4 Å². The van der Waals surface area contributed by atoms with Crippen LogP contribution in [-0.4, -0.2) is 87.5 Å². The standard InChI is InChI=1S/C71H133NO8/c1-3-5-7-9-11-13-15-17-19-21-23-24-25-26-27-28-29-30-31-32-33-34-35-36-37-38-39-40-41-42-43-45-47-49-51-53-55-57-59-61-67(75)72-64(63-79-71-70(78)69(77)68(76)66(62-73)80-71)65(74)60-58-56-54-52-50-48-46-44-22-20-18-16-14-12-10-8-6-4-2/h29-30,32-33,50,52,58,60,64-66,68-71,73-74,76-78H,3-28,31,34-49,51,53-57,59,61-63H2,1-2H3,(H,72,75)/b30-29-,33-32-,52-50+,60-58+. The van der Waals surface area contributed by atoms with E-state index in [9.17, 15) is 30.3 Å². The van der Waals surface area contributed by atoms with Gasteiger partial charge in [-0.25, -0.2) is 0 Å². The number of amides is 1. The van der Waals surface area contributed by atoms with Crippen LogP contribution in [0.15, 0.2) is 48.6 Å². The number of carbonyl (C=O) groups excluding carboxylic acids is 1. The molecule has 1 heterocycles. The Hall–Kier alpha value is -1.85. The summed E-state index contributed by atoms with van der Waals surface area (Å²) in [5, 5.41) is 54.6. The summed E-state index contributed by atoms with van der Waals surface area (Å²) in [6.07, 6.45) is 75.2. The molecule has 0 saturated carbocycles. The summed E-state index contributed by atoms with van der Waals surface area (Å²) in [6, 6.07) is -0.823. The molecule has 0 aromatic carbocycles. The highest BCUT2D eigenvalue weighted by Gasteiger charge is 2.44. The summed E-state index contributed by atoms with van der Waals surface area (Å²) in [7, 11) is 0. The van der Waals surface area contributed by atoms with Gasteiger partial charge in [0.2, 0.25) is 5.91 Å². The van der Waals surface area contributed by atoms with Crippen LogP contribution >= 0.6 is 0 Å². The monoisotopic (exact) mass is 1130 g/mol. The molecule has 0 radical (unpaired) electrons. The first-order valence-corrected chi connectivity index (χ1v) is 34.9. The highest BCUT2D eigenvalue weighted by atomic mass is 16.7. The molecule has 1 rings (SSSR count). The minimum absolute atomic E-state index is 0.182. The van der Waals surface area contributed by atoms with Crippen molar-refractivity contribution in [2.75, 3.05) is 13.2 Å². The smallest absolute Gasteiger partial charge is 0.220 e. The van der Waals surface area contributed by atoms with Crippen molar-refractivity contribution in [1.29, 1.82) is 0 Å². The number of rotatable bonds is 61. The maximum atomic E-state index is 13.1. The Kier molecular flexibility index (Phi) is 57.4. The van der Waals surface area contributed by atoms with Gasteiger partial charge in [0.25, 0.3) is 0 Å². The topological polar surface area (TPSA) is 149 Å². The van der Waals surface area contributed by atoms with Gasteiger partial charge in [-0.2, -0.15) is 0 Å². The summed E-state index contributed by atoms with van der Waals surface area (Å²) < 4.78 is 11.3. The Morgan fingerprint density at radius 1 is 0.425 bits per heavy atom. The third kappa shape index (κ3) is 48.5. The molecule has 7 atom stereocenters. The summed E-state index contributed by atoms with van der Waals surface area (Å²) in [5.74, 6) is -0.182. The van der Waals surface area contributed by atoms with Crippen LogP contribution < -0.4 is 5.32 Å². The fraction of sp³-hybridized carbons (Fsp3) is 0.873. The van der Waals surface area contributed by atoms with Crippen LogP contribution in [0.3, 0.4) is 0 Å². The number of aliphatic hydroxyl groups is 5. The molecule has 1 aliphatic heterocycles. The summed E-state index contributed by atoms with van der Waals surface area (Å²) in [6.45, 7) is 3.80. The zero-order valence-corrected chi connectivity index (χ0v) is 52.6. The molecule has 470 valence electrons. The third-order valence-corrected chi connectivity index (χ3v) is 16.6. The molecule has 1 fully saturated rings. The third-order valence-electron chi connectivity index (χ3n) is 16.6. The number of carbonyl (C=O) groups is 1. The van der Waals surface area contributed by atoms with Crippen molar-refractivity contribution in [3.05, 3.63) is 48.6 Å². The summed E-state index contributed by atoms with van der Waals surface area (Å²) in [4.78, 5) is 13.1. The van der Waals surface area contributed by atoms with Gasteiger partial charge < -0.3 is 40.3 Å². The maximum Gasteiger partial charge on any atom is 0.220 e. The van der Waals surface area contributed by atoms with Crippen LogP contribution in [-0.2, 0) is 14.3 Å². The van der Waals surface area contributed by atoms with Crippen molar-refractivity contribution >= 4 is 5.91 Å². The molecular formula is C71H133NO8. The molecule has 0 spiro atoms.